The zero-order chi connectivity index (χ0) is 13.7. The van der Waals surface area contributed by atoms with Gasteiger partial charge in [0.1, 0.15) is 15.7 Å². The summed E-state index contributed by atoms with van der Waals surface area (Å²) in [7, 11) is -1.07. The van der Waals surface area contributed by atoms with Crippen molar-refractivity contribution in [2.45, 2.75) is 20.3 Å². The molecule has 0 aromatic rings. The number of amidine groups is 1. The van der Waals surface area contributed by atoms with Crippen LogP contribution in [0.15, 0.2) is 5.16 Å². The number of nitrogens with two attached hydrogens (primary N) is 1. The van der Waals surface area contributed by atoms with Crippen molar-refractivity contribution in [1.82, 2.24) is 4.90 Å². The smallest absolute Gasteiger partial charge is 0.148 e. The van der Waals surface area contributed by atoms with E-state index in [1.807, 2.05) is 25.8 Å². The van der Waals surface area contributed by atoms with E-state index in [1.165, 1.54) is 6.26 Å². The third kappa shape index (κ3) is 7.17. The molecule has 0 saturated heterocycles. The Kier molecular flexibility index (Phi) is 5.91. The van der Waals surface area contributed by atoms with Crippen molar-refractivity contribution in [3.05, 3.63) is 0 Å². The monoisotopic (exact) mass is 265 g/mol. The van der Waals surface area contributed by atoms with Crippen LogP contribution in [0.5, 0.6) is 0 Å². The lowest BCUT2D eigenvalue weighted by Gasteiger charge is -2.26. The van der Waals surface area contributed by atoms with E-state index >= 15 is 0 Å². The van der Waals surface area contributed by atoms with Gasteiger partial charge < -0.3 is 15.8 Å². The largest absolute Gasteiger partial charge is 0.409 e. The molecule has 17 heavy (non-hydrogen) atoms. The highest BCUT2D eigenvalue weighted by molar-refractivity contribution is 7.90. The summed E-state index contributed by atoms with van der Waals surface area (Å²) in [6, 6.07) is 0. The molecule has 3 N–H and O–H groups in total. The second-order valence-corrected chi connectivity index (χ2v) is 7.31. The summed E-state index contributed by atoms with van der Waals surface area (Å²) in [6.07, 6.45) is 1.92. The predicted molar refractivity (Wildman–Crippen MR) is 69.0 cm³/mol. The molecule has 0 aliphatic rings. The van der Waals surface area contributed by atoms with E-state index in [9.17, 15) is 8.42 Å². The number of oxime groups is 1. The molecule has 0 aromatic heterocycles. The van der Waals surface area contributed by atoms with Crippen LogP contribution in [0.3, 0.4) is 0 Å². The van der Waals surface area contributed by atoms with Gasteiger partial charge in [0, 0.05) is 18.2 Å². The van der Waals surface area contributed by atoms with Gasteiger partial charge in [0.2, 0.25) is 0 Å². The Bertz CT molecular complexity index is 363. The van der Waals surface area contributed by atoms with E-state index in [-0.39, 0.29) is 11.6 Å². The normalized spacial score (nSPS) is 14.3. The molecule has 0 rings (SSSR count). The average molecular weight is 265 g/mol. The van der Waals surface area contributed by atoms with Gasteiger partial charge in [-0.3, -0.25) is 0 Å². The first-order chi connectivity index (χ1) is 7.58. The molecule has 0 fully saturated rings. The Balaban J connectivity index is 4.12. The minimum absolute atomic E-state index is 0.146. The molecule has 0 saturated carbocycles. The molecule has 0 amide bonds. The van der Waals surface area contributed by atoms with Crippen LogP contribution in [0.1, 0.15) is 20.3 Å². The molecular weight excluding hydrogens is 242 g/mol. The molecule has 0 radical (unpaired) electrons. The summed E-state index contributed by atoms with van der Waals surface area (Å²) >= 11 is 0. The Morgan fingerprint density at radius 2 is 1.94 bits per heavy atom. The van der Waals surface area contributed by atoms with Crippen molar-refractivity contribution < 1.29 is 13.6 Å². The Morgan fingerprint density at radius 3 is 2.35 bits per heavy atom. The van der Waals surface area contributed by atoms with Gasteiger partial charge in [0.15, 0.2) is 0 Å². The molecule has 0 spiro atoms. The highest BCUT2D eigenvalue weighted by atomic mass is 32.2. The first-order valence-electron chi connectivity index (χ1n) is 5.43. The van der Waals surface area contributed by atoms with Crippen molar-refractivity contribution in [2.24, 2.45) is 16.3 Å². The lowest BCUT2D eigenvalue weighted by Crippen LogP contribution is -2.36. The van der Waals surface area contributed by atoms with Gasteiger partial charge in [-0.2, -0.15) is 0 Å². The molecule has 0 heterocycles. The first kappa shape index (κ1) is 16.2. The summed E-state index contributed by atoms with van der Waals surface area (Å²) < 4.78 is 22.0. The highest BCUT2D eigenvalue weighted by Gasteiger charge is 2.23. The molecule has 0 aromatic carbocycles. The summed E-state index contributed by atoms with van der Waals surface area (Å²) in [4.78, 5) is 1.92. The van der Waals surface area contributed by atoms with Gasteiger partial charge in [-0.1, -0.05) is 19.0 Å². The summed E-state index contributed by atoms with van der Waals surface area (Å²) in [5.41, 5.74) is 5.17. The van der Waals surface area contributed by atoms with E-state index in [0.29, 0.717) is 19.5 Å². The van der Waals surface area contributed by atoms with E-state index in [2.05, 4.69) is 5.16 Å². The molecular formula is C10H23N3O3S. The van der Waals surface area contributed by atoms with Crippen LogP contribution in [0.2, 0.25) is 0 Å². The molecule has 102 valence electrons. The summed E-state index contributed by atoms with van der Waals surface area (Å²) in [5.74, 6) is 0.335. The van der Waals surface area contributed by atoms with E-state index in [0.717, 1.165) is 0 Å². The SMILES string of the molecule is CN(CCC(C)(C)C(N)=NO)CCS(C)(=O)=O. The summed E-state index contributed by atoms with van der Waals surface area (Å²) in [6.45, 7) is 4.95. The van der Waals surface area contributed by atoms with Crippen molar-refractivity contribution in [2.75, 3.05) is 32.1 Å². The van der Waals surface area contributed by atoms with Crippen LogP contribution in [-0.4, -0.2) is 56.5 Å². The lowest BCUT2D eigenvalue weighted by molar-refractivity contribution is 0.284. The first-order valence-corrected chi connectivity index (χ1v) is 7.49. The second-order valence-electron chi connectivity index (χ2n) is 5.05. The van der Waals surface area contributed by atoms with Crippen LogP contribution in [-0.2, 0) is 9.84 Å². The number of rotatable bonds is 7. The van der Waals surface area contributed by atoms with Crippen LogP contribution >= 0.6 is 0 Å². The average Bonchev–Trinajstić information content (AvgIpc) is 2.21. The van der Waals surface area contributed by atoms with Crippen molar-refractivity contribution >= 4 is 15.7 Å². The topological polar surface area (TPSA) is 96.0 Å². The Morgan fingerprint density at radius 1 is 1.41 bits per heavy atom. The highest BCUT2D eigenvalue weighted by Crippen LogP contribution is 2.20. The molecule has 7 heteroatoms. The van der Waals surface area contributed by atoms with E-state index < -0.39 is 15.3 Å². The van der Waals surface area contributed by atoms with Crippen molar-refractivity contribution in [3.8, 4) is 0 Å². The Hall–Kier alpha value is -0.820. The maximum absolute atomic E-state index is 11.0. The lowest BCUT2D eigenvalue weighted by atomic mass is 9.88. The molecule has 6 nitrogen and oxygen atoms in total. The standard InChI is InChI=1S/C10H23N3O3S/c1-10(2,9(11)12-14)5-6-13(3)7-8-17(4,15)16/h14H,5-8H2,1-4H3,(H2,11,12). The molecule has 0 bridgehead atoms. The van der Waals surface area contributed by atoms with Crippen molar-refractivity contribution in [1.29, 1.82) is 0 Å². The van der Waals surface area contributed by atoms with Gasteiger partial charge in [-0.15, -0.1) is 0 Å². The fourth-order valence-electron chi connectivity index (χ4n) is 1.17. The number of hydrogen-bond acceptors (Lipinski definition) is 5. The fraction of sp³-hybridized carbons (Fsp3) is 0.900. The Labute approximate surface area is 103 Å². The predicted octanol–water partition coefficient (Wildman–Crippen LogP) is 0.126. The van der Waals surface area contributed by atoms with Gasteiger partial charge in [-0.05, 0) is 20.0 Å². The number of hydrogen-bond donors (Lipinski definition) is 2. The van der Waals surface area contributed by atoms with Crippen molar-refractivity contribution in [3.63, 3.8) is 0 Å². The van der Waals surface area contributed by atoms with Crippen LogP contribution < -0.4 is 5.73 Å². The number of sulfone groups is 1. The zero-order valence-electron chi connectivity index (χ0n) is 11.0. The van der Waals surface area contributed by atoms with Gasteiger partial charge in [-0.25, -0.2) is 8.42 Å². The van der Waals surface area contributed by atoms with Crippen LogP contribution in [0.4, 0.5) is 0 Å². The fourth-order valence-corrected chi connectivity index (χ4v) is 1.81. The molecule has 0 aliphatic carbocycles. The van der Waals surface area contributed by atoms with Gasteiger partial charge >= 0.3 is 0 Å². The van der Waals surface area contributed by atoms with E-state index in [4.69, 9.17) is 10.9 Å². The molecule has 0 unspecified atom stereocenters. The summed E-state index contributed by atoms with van der Waals surface area (Å²) in [5, 5.41) is 11.6. The third-order valence-electron chi connectivity index (χ3n) is 2.76. The zero-order valence-corrected chi connectivity index (χ0v) is 11.8. The maximum Gasteiger partial charge on any atom is 0.148 e. The quantitative estimate of drug-likeness (QED) is 0.295. The molecule has 0 atom stereocenters. The van der Waals surface area contributed by atoms with E-state index in [1.54, 1.807) is 0 Å². The maximum atomic E-state index is 11.0. The minimum Gasteiger partial charge on any atom is -0.409 e. The third-order valence-corrected chi connectivity index (χ3v) is 3.69. The number of nitrogens with zero attached hydrogens (tertiary/aromatic N) is 2. The second kappa shape index (κ2) is 6.20. The van der Waals surface area contributed by atoms with Gasteiger partial charge in [0.05, 0.1) is 5.75 Å². The minimum atomic E-state index is -2.92. The molecule has 0 aliphatic heterocycles. The van der Waals surface area contributed by atoms with Crippen LogP contribution in [0.25, 0.3) is 0 Å². The van der Waals surface area contributed by atoms with Gasteiger partial charge in [0.25, 0.3) is 0 Å². The van der Waals surface area contributed by atoms with Crippen LogP contribution in [0, 0.1) is 5.41 Å².